The van der Waals surface area contributed by atoms with Crippen LogP contribution in [0.2, 0.25) is 0 Å². The maximum atomic E-state index is 14.2. The molecule has 0 atom stereocenters. The Morgan fingerprint density at radius 2 is 1.67 bits per heavy atom. The second-order valence-corrected chi connectivity index (χ2v) is 7.38. The van der Waals surface area contributed by atoms with Crippen LogP contribution in [-0.4, -0.2) is 19.5 Å². The smallest absolute Gasteiger partial charge is 0.229 e. The van der Waals surface area contributed by atoms with Crippen LogP contribution in [0, 0.1) is 11.6 Å². The van der Waals surface area contributed by atoms with Crippen LogP contribution in [0.1, 0.15) is 31.7 Å². The normalized spacial score (nSPS) is 14.3. The van der Waals surface area contributed by atoms with Crippen LogP contribution in [0.5, 0.6) is 0 Å². The first-order valence-electron chi connectivity index (χ1n) is 9.96. The first-order chi connectivity index (χ1) is 14.7. The number of halogens is 2. The molecule has 2 N–H and O–H groups in total. The lowest BCUT2D eigenvalue weighted by atomic mass is 10.2. The number of para-hydroxylation sites is 1. The number of aromatic nitrogens is 4. The van der Waals surface area contributed by atoms with E-state index in [9.17, 15) is 8.78 Å². The number of anilines is 4. The highest BCUT2D eigenvalue weighted by molar-refractivity contribution is 5.77. The Bertz CT molecular complexity index is 1180. The first-order valence-corrected chi connectivity index (χ1v) is 9.96. The van der Waals surface area contributed by atoms with Crippen LogP contribution in [0.25, 0.3) is 11.2 Å². The summed E-state index contributed by atoms with van der Waals surface area (Å²) in [5.74, 6) is 0.299. The molecule has 8 heteroatoms. The highest BCUT2D eigenvalue weighted by Gasteiger charge is 2.24. The summed E-state index contributed by atoms with van der Waals surface area (Å²) in [5, 5.41) is 6.23. The lowest BCUT2D eigenvalue weighted by molar-refractivity contribution is 0.535. The van der Waals surface area contributed by atoms with E-state index in [4.69, 9.17) is 0 Å². The number of fused-ring (bicyclic) bond motifs is 1. The van der Waals surface area contributed by atoms with Gasteiger partial charge in [0.1, 0.15) is 17.2 Å². The maximum Gasteiger partial charge on any atom is 0.229 e. The van der Waals surface area contributed by atoms with Gasteiger partial charge in [-0.05, 0) is 49.2 Å². The second-order valence-electron chi connectivity index (χ2n) is 7.38. The number of nitrogens with one attached hydrogen (secondary N) is 2. The SMILES string of the molecule is Fc1ccc(Nc2ncc3nc(Nc4ccccc4F)n(C4CCCC4)c3n2)cc1. The minimum atomic E-state index is -0.340. The van der Waals surface area contributed by atoms with Crippen LogP contribution in [0.4, 0.5) is 32.1 Å². The lowest BCUT2D eigenvalue weighted by Gasteiger charge is -2.17. The highest BCUT2D eigenvalue weighted by Crippen LogP contribution is 2.36. The zero-order valence-corrected chi connectivity index (χ0v) is 16.1. The van der Waals surface area contributed by atoms with Crippen molar-refractivity contribution in [2.24, 2.45) is 0 Å². The van der Waals surface area contributed by atoms with Gasteiger partial charge in [-0.1, -0.05) is 25.0 Å². The van der Waals surface area contributed by atoms with E-state index < -0.39 is 0 Å². The Kier molecular flexibility index (Phi) is 4.74. The van der Waals surface area contributed by atoms with Gasteiger partial charge in [0.05, 0.1) is 11.9 Å². The third-order valence-corrected chi connectivity index (χ3v) is 5.34. The zero-order chi connectivity index (χ0) is 20.5. The summed E-state index contributed by atoms with van der Waals surface area (Å²) in [5.41, 5.74) is 2.36. The molecule has 1 aliphatic carbocycles. The molecule has 0 saturated heterocycles. The summed E-state index contributed by atoms with van der Waals surface area (Å²) in [6.45, 7) is 0. The van der Waals surface area contributed by atoms with E-state index in [0.717, 1.165) is 25.7 Å². The summed E-state index contributed by atoms with van der Waals surface area (Å²) in [4.78, 5) is 13.6. The molecule has 4 aromatic rings. The van der Waals surface area contributed by atoms with E-state index in [0.29, 0.717) is 34.4 Å². The Morgan fingerprint density at radius 3 is 2.43 bits per heavy atom. The van der Waals surface area contributed by atoms with Crippen molar-refractivity contribution in [3.8, 4) is 0 Å². The molecule has 152 valence electrons. The van der Waals surface area contributed by atoms with Gasteiger partial charge in [0.15, 0.2) is 5.65 Å². The molecular formula is C22H20F2N6. The predicted molar refractivity (Wildman–Crippen MR) is 112 cm³/mol. The van der Waals surface area contributed by atoms with Gasteiger partial charge in [-0.15, -0.1) is 0 Å². The van der Waals surface area contributed by atoms with Gasteiger partial charge < -0.3 is 10.6 Å². The van der Waals surface area contributed by atoms with E-state index in [-0.39, 0.29) is 17.7 Å². The van der Waals surface area contributed by atoms with Crippen molar-refractivity contribution in [2.75, 3.05) is 10.6 Å². The van der Waals surface area contributed by atoms with Crippen LogP contribution >= 0.6 is 0 Å². The second kappa shape index (κ2) is 7.70. The number of imidazole rings is 1. The lowest BCUT2D eigenvalue weighted by Crippen LogP contribution is -2.10. The molecule has 0 spiro atoms. The van der Waals surface area contributed by atoms with E-state index in [2.05, 4.69) is 25.6 Å². The van der Waals surface area contributed by atoms with Crippen molar-refractivity contribution < 1.29 is 8.78 Å². The van der Waals surface area contributed by atoms with Crippen molar-refractivity contribution in [2.45, 2.75) is 31.7 Å². The van der Waals surface area contributed by atoms with Gasteiger partial charge >= 0.3 is 0 Å². The standard InChI is InChI=1S/C22H20F2N6/c23-14-9-11-15(12-10-14)26-21-25-13-19-20(29-21)30(16-5-1-2-6-16)22(28-19)27-18-8-4-3-7-17(18)24/h3-4,7-13,16H,1-2,5-6H2,(H,27,28)(H,25,26,29). The topological polar surface area (TPSA) is 67.7 Å². The summed E-state index contributed by atoms with van der Waals surface area (Å²) in [6, 6.07) is 12.8. The molecule has 0 amide bonds. The number of benzene rings is 2. The number of rotatable bonds is 5. The average molecular weight is 406 g/mol. The summed E-state index contributed by atoms with van der Waals surface area (Å²) < 4.78 is 29.4. The molecule has 0 aliphatic heterocycles. The molecule has 2 heterocycles. The molecule has 1 saturated carbocycles. The van der Waals surface area contributed by atoms with Gasteiger partial charge in [-0.3, -0.25) is 4.57 Å². The van der Waals surface area contributed by atoms with Gasteiger partial charge in [0.2, 0.25) is 11.9 Å². The van der Waals surface area contributed by atoms with Crippen molar-refractivity contribution in [1.82, 2.24) is 19.5 Å². The van der Waals surface area contributed by atoms with Crippen LogP contribution in [-0.2, 0) is 0 Å². The molecule has 6 nitrogen and oxygen atoms in total. The van der Waals surface area contributed by atoms with E-state index in [1.54, 1.807) is 36.5 Å². The number of hydrogen-bond donors (Lipinski definition) is 2. The molecule has 2 aromatic heterocycles. The van der Waals surface area contributed by atoms with Crippen molar-refractivity contribution in [3.05, 3.63) is 66.4 Å². The fourth-order valence-electron chi connectivity index (χ4n) is 3.89. The monoisotopic (exact) mass is 406 g/mol. The van der Waals surface area contributed by atoms with E-state index in [1.807, 2.05) is 4.57 Å². The number of nitrogens with zero attached hydrogens (tertiary/aromatic N) is 4. The van der Waals surface area contributed by atoms with E-state index in [1.165, 1.54) is 18.2 Å². The fourth-order valence-corrected chi connectivity index (χ4v) is 3.89. The van der Waals surface area contributed by atoms with Gasteiger partial charge in [0, 0.05) is 11.7 Å². The van der Waals surface area contributed by atoms with Gasteiger partial charge in [-0.2, -0.15) is 4.98 Å². The van der Waals surface area contributed by atoms with Crippen molar-refractivity contribution in [1.29, 1.82) is 0 Å². The Morgan fingerprint density at radius 1 is 0.900 bits per heavy atom. The molecular weight excluding hydrogens is 386 g/mol. The van der Waals surface area contributed by atoms with Gasteiger partial charge in [-0.25, -0.2) is 18.7 Å². The summed E-state index contributed by atoms with van der Waals surface area (Å²) in [7, 11) is 0. The third-order valence-electron chi connectivity index (χ3n) is 5.34. The van der Waals surface area contributed by atoms with Crippen LogP contribution < -0.4 is 10.6 Å². The fraction of sp³-hybridized carbons (Fsp3) is 0.227. The van der Waals surface area contributed by atoms with E-state index >= 15 is 0 Å². The Hall–Kier alpha value is -3.55. The molecule has 1 aliphatic rings. The minimum absolute atomic E-state index is 0.234. The first kappa shape index (κ1) is 18.5. The van der Waals surface area contributed by atoms with Crippen LogP contribution in [0.3, 0.4) is 0 Å². The predicted octanol–water partition coefficient (Wildman–Crippen LogP) is 5.71. The molecule has 0 unspecified atom stereocenters. The number of hydrogen-bond acceptors (Lipinski definition) is 5. The Balaban J connectivity index is 1.55. The largest absolute Gasteiger partial charge is 0.324 e. The van der Waals surface area contributed by atoms with Gasteiger partial charge in [0.25, 0.3) is 0 Å². The average Bonchev–Trinajstić information content (AvgIpc) is 3.38. The molecule has 0 bridgehead atoms. The molecule has 0 radical (unpaired) electrons. The highest BCUT2D eigenvalue weighted by atomic mass is 19.1. The summed E-state index contributed by atoms with van der Waals surface area (Å²) >= 11 is 0. The Labute approximate surface area is 172 Å². The van der Waals surface area contributed by atoms with Crippen LogP contribution in [0.15, 0.2) is 54.7 Å². The summed E-state index contributed by atoms with van der Waals surface area (Å²) in [6.07, 6.45) is 5.95. The van der Waals surface area contributed by atoms with Crippen molar-refractivity contribution in [3.63, 3.8) is 0 Å². The molecule has 30 heavy (non-hydrogen) atoms. The minimum Gasteiger partial charge on any atom is -0.324 e. The quantitative estimate of drug-likeness (QED) is 0.445. The molecule has 1 fully saturated rings. The third kappa shape index (κ3) is 3.56. The maximum absolute atomic E-state index is 14.2. The van der Waals surface area contributed by atoms with Crippen molar-refractivity contribution >= 4 is 34.4 Å². The molecule has 5 rings (SSSR count). The zero-order valence-electron chi connectivity index (χ0n) is 16.1. The molecule has 2 aromatic carbocycles.